The van der Waals surface area contributed by atoms with Gasteiger partial charge in [0.05, 0.1) is 6.54 Å². The summed E-state index contributed by atoms with van der Waals surface area (Å²) in [5, 5.41) is 4.08. The molecule has 1 aliphatic carbocycles. The van der Waals surface area contributed by atoms with Crippen molar-refractivity contribution in [3.8, 4) is 17.1 Å². The zero-order valence-corrected chi connectivity index (χ0v) is 18.4. The number of hydrogen-bond donors (Lipinski definition) is 0. The Balaban J connectivity index is 1.41. The first-order valence-corrected chi connectivity index (χ1v) is 11.0. The number of benzene rings is 2. The second kappa shape index (κ2) is 9.33. The number of carbonyl (C=O) groups is 1. The van der Waals surface area contributed by atoms with E-state index in [4.69, 9.17) is 9.26 Å². The van der Waals surface area contributed by atoms with E-state index in [2.05, 4.69) is 22.3 Å². The second-order valence-corrected chi connectivity index (χ2v) is 8.17. The van der Waals surface area contributed by atoms with Gasteiger partial charge in [-0.05, 0) is 67.9 Å². The van der Waals surface area contributed by atoms with E-state index in [1.807, 2.05) is 44.2 Å². The van der Waals surface area contributed by atoms with Gasteiger partial charge in [-0.2, -0.15) is 4.98 Å². The summed E-state index contributed by atoms with van der Waals surface area (Å²) >= 11 is 0. The summed E-state index contributed by atoms with van der Waals surface area (Å²) in [6, 6.07) is 14.1. The van der Waals surface area contributed by atoms with E-state index in [9.17, 15) is 4.79 Å². The summed E-state index contributed by atoms with van der Waals surface area (Å²) in [6.45, 7) is 4.20. The van der Waals surface area contributed by atoms with Crippen LogP contribution in [0, 0.1) is 6.92 Å². The van der Waals surface area contributed by atoms with Crippen LogP contribution in [0.15, 0.2) is 47.0 Å². The Hall–Kier alpha value is -3.15. The van der Waals surface area contributed by atoms with E-state index in [0.29, 0.717) is 18.1 Å². The Morgan fingerprint density at radius 2 is 1.94 bits per heavy atom. The maximum Gasteiger partial charge on any atom is 0.263 e. The van der Waals surface area contributed by atoms with Crippen molar-refractivity contribution in [2.24, 2.45) is 0 Å². The molecule has 0 bridgehead atoms. The highest BCUT2D eigenvalue weighted by atomic mass is 16.5. The van der Waals surface area contributed by atoms with Gasteiger partial charge in [0.25, 0.3) is 5.91 Å². The number of amides is 1. The Morgan fingerprint density at radius 3 is 2.71 bits per heavy atom. The topological polar surface area (TPSA) is 68.5 Å². The lowest BCUT2D eigenvalue weighted by molar-refractivity contribution is -0.138. The van der Waals surface area contributed by atoms with Gasteiger partial charge < -0.3 is 14.2 Å². The van der Waals surface area contributed by atoms with Crippen molar-refractivity contribution in [2.75, 3.05) is 7.05 Å². The summed E-state index contributed by atoms with van der Waals surface area (Å²) in [5.74, 6) is 1.59. The predicted molar refractivity (Wildman–Crippen MR) is 119 cm³/mol. The first kappa shape index (κ1) is 21.1. The molecule has 162 valence electrons. The Kier molecular flexibility index (Phi) is 6.35. The summed E-state index contributed by atoms with van der Waals surface area (Å²) in [4.78, 5) is 19.1. The summed E-state index contributed by atoms with van der Waals surface area (Å²) in [5.41, 5.74) is 4.74. The zero-order chi connectivity index (χ0) is 21.8. The minimum Gasteiger partial charge on any atom is -0.481 e. The molecule has 1 unspecified atom stereocenters. The van der Waals surface area contributed by atoms with Crippen molar-refractivity contribution in [1.82, 2.24) is 15.0 Å². The minimum absolute atomic E-state index is 0.101. The summed E-state index contributed by atoms with van der Waals surface area (Å²) in [7, 11) is 1.73. The van der Waals surface area contributed by atoms with Crippen LogP contribution in [-0.4, -0.2) is 34.1 Å². The summed E-state index contributed by atoms with van der Waals surface area (Å²) < 4.78 is 11.5. The Labute approximate surface area is 183 Å². The fourth-order valence-electron chi connectivity index (χ4n) is 4.03. The van der Waals surface area contributed by atoms with Gasteiger partial charge in [-0.25, -0.2) is 0 Å². The van der Waals surface area contributed by atoms with Crippen LogP contribution >= 0.6 is 0 Å². The highest BCUT2D eigenvalue weighted by Gasteiger charge is 2.24. The normalized spacial score (nSPS) is 14.0. The minimum atomic E-state index is -0.551. The molecule has 1 aromatic heterocycles. The smallest absolute Gasteiger partial charge is 0.263 e. The van der Waals surface area contributed by atoms with Crippen molar-refractivity contribution in [1.29, 1.82) is 0 Å². The quantitative estimate of drug-likeness (QED) is 0.553. The molecule has 0 fully saturated rings. The molecule has 31 heavy (non-hydrogen) atoms. The van der Waals surface area contributed by atoms with E-state index >= 15 is 0 Å². The molecule has 3 aromatic rings. The van der Waals surface area contributed by atoms with Crippen molar-refractivity contribution in [2.45, 2.75) is 58.6 Å². The van der Waals surface area contributed by atoms with Gasteiger partial charge in [0.15, 0.2) is 6.10 Å². The Bertz CT molecular complexity index is 1060. The molecule has 1 atom stereocenters. The molecular formula is C25H29N3O3. The van der Waals surface area contributed by atoms with Crippen LogP contribution in [0.4, 0.5) is 0 Å². The van der Waals surface area contributed by atoms with Crippen LogP contribution in [0.25, 0.3) is 11.4 Å². The number of fused-ring (bicyclic) bond motifs is 1. The molecule has 0 spiro atoms. The van der Waals surface area contributed by atoms with Crippen LogP contribution in [0.3, 0.4) is 0 Å². The SMILES string of the molecule is CCC(Oc1ccc2c(c1)CCCC2)C(=O)N(C)Cc1nc(-c2ccccc2C)no1. The fourth-order valence-corrected chi connectivity index (χ4v) is 4.03. The third-order valence-corrected chi connectivity index (χ3v) is 5.85. The lowest BCUT2D eigenvalue weighted by atomic mass is 9.92. The van der Waals surface area contributed by atoms with E-state index in [0.717, 1.165) is 29.7 Å². The second-order valence-electron chi connectivity index (χ2n) is 8.17. The maximum atomic E-state index is 13.0. The molecule has 0 N–H and O–H groups in total. The Morgan fingerprint density at radius 1 is 1.16 bits per heavy atom. The predicted octanol–water partition coefficient (Wildman–Crippen LogP) is 4.74. The third-order valence-electron chi connectivity index (χ3n) is 5.85. The lowest BCUT2D eigenvalue weighted by Gasteiger charge is -2.24. The highest BCUT2D eigenvalue weighted by molar-refractivity contribution is 5.81. The molecular weight excluding hydrogens is 390 g/mol. The number of aryl methyl sites for hydroxylation is 3. The fraction of sp³-hybridized carbons (Fsp3) is 0.400. The van der Waals surface area contributed by atoms with Gasteiger partial charge in [0.1, 0.15) is 5.75 Å². The number of ether oxygens (including phenoxy) is 1. The molecule has 1 heterocycles. The first-order chi connectivity index (χ1) is 15.0. The molecule has 6 nitrogen and oxygen atoms in total. The van der Waals surface area contributed by atoms with Crippen LogP contribution in [0.1, 0.15) is 48.8 Å². The number of rotatable bonds is 7. The lowest BCUT2D eigenvalue weighted by Crippen LogP contribution is -2.39. The van der Waals surface area contributed by atoms with E-state index in [-0.39, 0.29) is 12.5 Å². The summed E-state index contributed by atoms with van der Waals surface area (Å²) in [6.07, 6.45) is 4.70. The standard InChI is InChI=1S/C25H29N3O3/c1-4-22(30-20-14-13-18-10-6-7-11-19(18)15-20)25(29)28(3)16-23-26-24(27-31-23)21-12-8-5-9-17(21)2/h5,8-9,12-15,22H,4,6-7,10-11,16H2,1-3H3. The largest absolute Gasteiger partial charge is 0.481 e. The zero-order valence-electron chi connectivity index (χ0n) is 18.4. The van der Waals surface area contributed by atoms with Gasteiger partial charge >= 0.3 is 0 Å². The van der Waals surface area contributed by atoms with Gasteiger partial charge in [-0.3, -0.25) is 4.79 Å². The van der Waals surface area contributed by atoms with Crippen LogP contribution in [0.5, 0.6) is 5.75 Å². The average Bonchev–Trinajstić information content (AvgIpc) is 3.25. The van der Waals surface area contributed by atoms with Crippen molar-refractivity contribution >= 4 is 5.91 Å². The van der Waals surface area contributed by atoms with Crippen molar-refractivity contribution < 1.29 is 14.1 Å². The molecule has 0 saturated carbocycles. The molecule has 0 saturated heterocycles. The molecule has 1 aliphatic rings. The van der Waals surface area contributed by atoms with Crippen molar-refractivity contribution in [3.05, 3.63) is 65.0 Å². The number of aromatic nitrogens is 2. The van der Waals surface area contributed by atoms with Crippen molar-refractivity contribution in [3.63, 3.8) is 0 Å². The van der Waals surface area contributed by atoms with E-state index in [1.165, 1.54) is 24.0 Å². The molecule has 4 rings (SSSR count). The van der Waals surface area contributed by atoms with Gasteiger partial charge in [0, 0.05) is 12.6 Å². The van der Waals surface area contributed by atoms with Gasteiger partial charge in [-0.1, -0.05) is 42.4 Å². The highest BCUT2D eigenvalue weighted by Crippen LogP contribution is 2.26. The van der Waals surface area contributed by atoms with E-state index in [1.54, 1.807) is 11.9 Å². The average molecular weight is 420 g/mol. The maximum absolute atomic E-state index is 13.0. The number of nitrogens with zero attached hydrogens (tertiary/aromatic N) is 3. The monoisotopic (exact) mass is 419 g/mol. The van der Waals surface area contributed by atoms with E-state index < -0.39 is 6.10 Å². The van der Waals surface area contributed by atoms with Crippen LogP contribution < -0.4 is 4.74 Å². The number of carbonyl (C=O) groups excluding carboxylic acids is 1. The first-order valence-electron chi connectivity index (χ1n) is 11.0. The molecule has 0 aliphatic heterocycles. The molecule has 2 aromatic carbocycles. The van der Waals surface area contributed by atoms with Crippen LogP contribution in [-0.2, 0) is 24.2 Å². The number of hydrogen-bond acceptors (Lipinski definition) is 5. The molecule has 1 amide bonds. The third kappa shape index (κ3) is 4.79. The molecule has 6 heteroatoms. The number of likely N-dealkylation sites (N-methyl/N-ethyl adjacent to an activating group) is 1. The van der Waals surface area contributed by atoms with Gasteiger partial charge in [0.2, 0.25) is 11.7 Å². The van der Waals surface area contributed by atoms with Crippen LogP contribution in [0.2, 0.25) is 0 Å². The molecule has 0 radical (unpaired) electrons. The van der Waals surface area contributed by atoms with Gasteiger partial charge in [-0.15, -0.1) is 0 Å².